The van der Waals surface area contributed by atoms with Crippen molar-refractivity contribution in [3.05, 3.63) is 11.4 Å². The van der Waals surface area contributed by atoms with E-state index in [0.29, 0.717) is 18.2 Å². The quantitative estimate of drug-likeness (QED) is 0.904. The average molecular weight is 264 g/mol. The van der Waals surface area contributed by atoms with Crippen LogP contribution in [0, 0.1) is 19.8 Å². The van der Waals surface area contributed by atoms with E-state index < -0.39 is 0 Å². The van der Waals surface area contributed by atoms with Crippen LogP contribution in [0.15, 0.2) is 0 Å². The summed E-state index contributed by atoms with van der Waals surface area (Å²) < 4.78 is 1.72. The first kappa shape index (κ1) is 13.9. The normalized spacial score (nSPS) is 19.7. The third-order valence-corrected chi connectivity index (χ3v) is 4.17. The highest BCUT2D eigenvalue weighted by Crippen LogP contribution is 2.20. The Morgan fingerprint density at radius 1 is 1.47 bits per heavy atom. The number of hydrogen-bond donors (Lipinski definition) is 1. The molecule has 0 saturated carbocycles. The van der Waals surface area contributed by atoms with Gasteiger partial charge >= 0.3 is 0 Å². The zero-order valence-corrected chi connectivity index (χ0v) is 12.1. The first-order chi connectivity index (χ1) is 9.02. The molecule has 5 heteroatoms. The fourth-order valence-corrected chi connectivity index (χ4v) is 2.72. The molecule has 0 spiro atoms. The van der Waals surface area contributed by atoms with Crippen LogP contribution in [0.5, 0.6) is 0 Å². The maximum Gasteiger partial charge on any atom is 0.244 e. The van der Waals surface area contributed by atoms with Gasteiger partial charge in [-0.25, -0.2) is 0 Å². The first-order valence-electron chi connectivity index (χ1n) is 7.10. The van der Waals surface area contributed by atoms with Crippen molar-refractivity contribution in [2.45, 2.75) is 46.6 Å². The monoisotopic (exact) mass is 264 g/mol. The van der Waals surface area contributed by atoms with E-state index >= 15 is 0 Å². The Morgan fingerprint density at radius 2 is 2.21 bits per heavy atom. The standard InChI is InChI=1S/C14H24N4O/c1-4-12-6-5-7-17(8-12)13(19)9-18-11(3)14(15)10(2)16-18/h12H,4-9,15H2,1-3H3. The van der Waals surface area contributed by atoms with E-state index in [9.17, 15) is 4.79 Å². The SMILES string of the molecule is CCC1CCCN(C(=O)Cn2nc(C)c(N)c2C)C1. The van der Waals surface area contributed by atoms with E-state index in [-0.39, 0.29) is 5.91 Å². The summed E-state index contributed by atoms with van der Waals surface area (Å²) in [6.45, 7) is 8.06. The van der Waals surface area contributed by atoms with E-state index in [4.69, 9.17) is 5.73 Å². The molecule has 1 aromatic rings. The van der Waals surface area contributed by atoms with Crippen molar-refractivity contribution in [1.29, 1.82) is 0 Å². The molecule has 2 heterocycles. The minimum atomic E-state index is 0.156. The number of anilines is 1. The molecule has 1 fully saturated rings. The average Bonchev–Trinajstić information content (AvgIpc) is 2.66. The van der Waals surface area contributed by atoms with E-state index in [1.54, 1.807) is 4.68 Å². The van der Waals surface area contributed by atoms with Gasteiger partial charge in [-0.3, -0.25) is 9.48 Å². The molecular weight excluding hydrogens is 240 g/mol. The Hall–Kier alpha value is -1.52. The molecule has 0 radical (unpaired) electrons. The highest BCUT2D eigenvalue weighted by atomic mass is 16.2. The van der Waals surface area contributed by atoms with Crippen LogP contribution in [-0.2, 0) is 11.3 Å². The van der Waals surface area contributed by atoms with Crippen LogP contribution in [-0.4, -0.2) is 33.7 Å². The lowest BCUT2D eigenvalue weighted by atomic mass is 9.96. The topological polar surface area (TPSA) is 64.2 Å². The van der Waals surface area contributed by atoms with Crippen molar-refractivity contribution >= 4 is 11.6 Å². The third kappa shape index (κ3) is 2.91. The molecule has 5 nitrogen and oxygen atoms in total. The van der Waals surface area contributed by atoms with Crippen molar-refractivity contribution in [3.63, 3.8) is 0 Å². The summed E-state index contributed by atoms with van der Waals surface area (Å²) in [5.41, 5.74) is 8.27. The number of nitrogens with two attached hydrogens (primary N) is 1. The zero-order chi connectivity index (χ0) is 14.0. The maximum atomic E-state index is 12.3. The minimum absolute atomic E-state index is 0.156. The lowest BCUT2D eigenvalue weighted by Crippen LogP contribution is -2.41. The van der Waals surface area contributed by atoms with Crippen LogP contribution in [0.1, 0.15) is 37.6 Å². The molecule has 1 unspecified atom stereocenters. The summed E-state index contributed by atoms with van der Waals surface area (Å²) in [6.07, 6.45) is 3.51. The minimum Gasteiger partial charge on any atom is -0.396 e. The second kappa shape index (κ2) is 5.63. The van der Waals surface area contributed by atoms with Crippen molar-refractivity contribution in [3.8, 4) is 0 Å². The Balaban J connectivity index is 2.02. The van der Waals surface area contributed by atoms with Crippen molar-refractivity contribution in [2.75, 3.05) is 18.8 Å². The Kier molecular flexibility index (Phi) is 4.12. The lowest BCUT2D eigenvalue weighted by Gasteiger charge is -2.32. The number of carbonyl (C=O) groups excluding carboxylic acids is 1. The Labute approximate surface area is 114 Å². The maximum absolute atomic E-state index is 12.3. The zero-order valence-electron chi connectivity index (χ0n) is 12.1. The van der Waals surface area contributed by atoms with Gasteiger partial charge in [0.25, 0.3) is 0 Å². The van der Waals surface area contributed by atoms with Gasteiger partial charge in [-0.15, -0.1) is 0 Å². The van der Waals surface area contributed by atoms with Crippen molar-refractivity contribution in [2.24, 2.45) is 5.92 Å². The van der Waals surface area contributed by atoms with Crippen LogP contribution < -0.4 is 5.73 Å². The molecule has 106 valence electrons. The van der Waals surface area contributed by atoms with Crippen LogP contribution in [0.4, 0.5) is 5.69 Å². The summed E-state index contributed by atoms with van der Waals surface area (Å²) in [6, 6.07) is 0. The molecule has 1 amide bonds. The number of hydrogen-bond acceptors (Lipinski definition) is 3. The summed E-state index contributed by atoms with van der Waals surface area (Å²) in [4.78, 5) is 14.3. The molecule has 1 saturated heterocycles. The molecule has 0 aliphatic carbocycles. The second-order valence-corrected chi connectivity index (χ2v) is 5.50. The molecule has 19 heavy (non-hydrogen) atoms. The van der Waals surface area contributed by atoms with Gasteiger partial charge in [0.15, 0.2) is 0 Å². The molecule has 1 atom stereocenters. The van der Waals surface area contributed by atoms with E-state index in [1.807, 2.05) is 18.7 Å². The second-order valence-electron chi connectivity index (χ2n) is 5.50. The van der Waals surface area contributed by atoms with Gasteiger partial charge in [-0.2, -0.15) is 5.10 Å². The van der Waals surface area contributed by atoms with Crippen LogP contribution >= 0.6 is 0 Å². The van der Waals surface area contributed by atoms with Gasteiger partial charge in [-0.05, 0) is 32.6 Å². The summed E-state index contributed by atoms with van der Waals surface area (Å²) in [5, 5.41) is 4.33. The molecule has 2 N–H and O–H groups in total. The van der Waals surface area contributed by atoms with E-state index in [1.165, 1.54) is 6.42 Å². The number of rotatable bonds is 3. The van der Waals surface area contributed by atoms with Crippen LogP contribution in [0.25, 0.3) is 0 Å². The number of likely N-dealkylation sites (tertiary alicyclic amines) is 1. The number of aromatic nitrogens is 2. The number of piperidine rings is 1. The smallest absolute Gasteiger partial charge is 0.244 e. The van der Waals surface area contributed by atoms with E-state index in [2.05, 4.69) is 12.0 Å². The third-order valence-electron chi connectivity index (χ3n) is 4.17. The number of nitrogen functional groups attached to an aromatic ring is 1. The Bertz CT molecular complexity index is 466. The van der Waals surface area contributed by atoms with Gasteiger partial charge in [0.05, 0.1) is 17.1 Å². The van der Waals surface area contributed by atoms with Crippen molar-refractivity contribution < 1.29 is 4.79 Å². The lowest BCUT2D eigenvalue weighted by molar-refractivity contribution is -0.133. The van der Waals surface area contributed by atoms with Crippen LogP contribution in [0.2, 0.25) is 0 Å². The number of amides is 1. The number of aryl methyl sites for hydroxylation is 1. The number of carbonyl (C=O) groups is 1. The molecular formula is C14H24N4O. The highest BCUT2D eigenvalue weighted by Gasteiger charge is 2.23. The summed E-state index contributed by atoms with van der Waals surface area (Å²) in [5.74, 6) is 0.812. The fraction of sp³-hybridized carbons (Fsp3) is 0.714. The Morgan fingerprint density at radius 3 is 2.79 bits per heavy atom. The molecule has 1 aliphatic rings. The molecule has 1 aromatic heterocycles. The number of nitrogens with zero attached hydrogens (tertiary/aromatic N) is 3. The van der Waals surface area contributed by atoms with Gasteiger partial charge in [-0.1, -0.05) is 13.3 Å². The largest absolute Gasteiger partial charge is 0.396 e. The highest BCUT2D eigenvalue weighted by molar-refractivity contribution is 5.76. The first-order valence-corrected chi connectivity index (χ1v) is 7.10. The van der Waals surface area contributed by atoms with Gasteiger partial charge in [0.2, 0.25) is 5.91 Å². The molecule has 0 aromatic carbocycles. The predicted molar refractivity (Wildman–Crippen MR) is 75.7 cm³/mol. The van der Waals surface area contributed by atoms with Crippen LogP contribution in [0.3, 0.4) is 0 Å². The summed E-state index contributed by atoms with van der Waals surface area (Å²) >= 11 is 0. The summed E-state index contributed by atoms with van der Waals surface area (Å²) in [7, 11) is 0. The fourth-order valence-electron chi connectivity index (χ4n) is 2.72. The molecule has 1 aliphatic heterocycles. The predicted octanol–water partition coefficient (Wildman–Crippen LogP) is 1.73. The van der Waals surface area contributed by atoms with Gasteiger partial charge in [0.1, 0.15) is 6.54 Å². The molecule has 2 rings (SSSR count). The van der Waals surface area contributed by atoms with Crippen molar-refractivity contribution in [1.82, 2.24) is 14.7 Å². The van der Waals surface area contributed by atoms with Gasteiger partial charge in [0, 0.05) is 13.1 Å². The van der Waals surface area contributed by atoms with E-state index in [0.717, 1.165) is 37.3 Å². The van der Waals surface area contributed by atoms with Gasteiger partial charge < -0.3 is 10.6 Å². The molecule has 0 bridgehead atoms.